The van der Waals surface area contributed by atoms with Gasteiger partial charge in [0.25, 0.3) is 0 Å². The number of ketones is 1. The van der Waals surface area contributed by atoms with Gasteiger partial charge in [-0.1, -0.05) is 0 Å². The second-order valence-electron chi connectivity index (χ2n) is 4.39. The SMILES string of the molecule is COc1ccc(C(C)=O)cc1CC(=O)N[C@H](C)C(=O)O. The summed E-state index contributed by atoms with van der Waals surface area (Å²) in [6.45, 7) is 2.81. The Morgan fingerprint density at radius 1 is 1.35 bits per heavy atom. The van der Waals surface area contributed by atoms with E-state index in [1.807, 2.05) is 0 Å². The van der Waals surface area contributed by atoms with Crippen LogP contribution >= 0.6 is 0 Å². The third-order valence-corrected chi connectivity index (χ3v) is 2.79. The van der Waals surface area contributed by atoms with E-state index in [0.29, 0.717) is 16.9 Å². The minimum atomic E-state index is -1.11. The molecule has 0 bridgehead atoms. The Kier molecular flexibility index (Phi) is 5.25. The molecule has 6 nitrogen and oxygen atoms in total. The molecule has 1 amide bonds. The lowest BCUT2D eigenvalue weighted by molar-refractivity contribution is -0.141. The average Bonchev–Trinajstić information content (AvgIpc) is 2.38. The van der Waals surface area contributed by atoms with Crippen LogP contribution in [0.3, 0.4) is 0 Å². The molecule has 2 N–H and O–H groups in total. The summed E-state index contributed by atoms with van der Waals surface area (Å²) in [7, 11) is 1.46. The van der Waals surface area contributed by atoms with E-state index in [1.165, 1.54) is 21.0 Å². The number of amides is 1. The lowest BCUT2D eigenvalue weighted by atomic mass is 10.0. The molecule has 0 aliphatic rings. The van der Waals surface area contributed by atoms with Crippen molar-refractivity contribution in [1.29, 1.82) is 0 Å². The molecule has 0 aliphatic heterocycles. The van der Waals surface area contributed by atoms with Crippen LogP contribution in [0.15, 0.2) is 18.2 Å². The Morgan fingerprint density at radius 2 is 2.00 bits per heavy atom. The van der Waals surface area contributed by atoms with Gasteiger partial charge in [0.15, 0.2) is 5.78 Å². The molecule has 1 aromatic carbocycles. The molecule has 108 valence electrons. The highest BCUT2D eigenvalue weighted by molar-refractivity contribution is 5.95. The van der Waals surface area contributed by atoms with Gasteiger partial charge in [-0.2, -0.15) is 0 Å². The number of benzene rings is 1. The summed E-state index contributed by atoms with van der Waals surface area (Å²) in [5.74, 6) is -1.19. The number of ether oxygens (including phenoxy) is 1. The molecule has 0 radical (unpaired) electrons. The van der Waals surface area contributed by atoms with Crippen LogP contribution < -0.4 is 10.1 Å². The molecule has 20 heavy (non-hydrogen) atoms. The zero-order valence-electron chi connectivity index (χ0n) is 11.6. The van der Waals surface area contributed by atoms with E-state index >= 15 is 0 Å². The number of rotatable bonds is 6. The van der Waals surface area contributed by atoms with Crippen LogP contribution in [0.4, 0.5) is 0 Å². The Hall–Kier alpha value is -2.37. The Balaban J connectivity index is 2.89. The molecule has 6 heteroatoms. The Labute approximate surface area is 116 Å². The van der Waals surface area contributed by atoms with Gasteiger partial charge in [-0.05, 0) is 32.0 Å². The largest absolute Gasteiger partial charge is 0.496 e. The monoisotopic (exact) mass is 279 g/mol. The molecular weight excluding hydrogens is 262 g/mol. The van der Waals surface area contributed by atoms with Gasteiger partial charge >= 0.3 is 5.97 Å². The molecule has 1 aromatic rings. The quantitative estimate of drug-likeness (QED) is 0.759. The molecule has 0 aliphatic carbocycles. The van der Waals surface area contributed by atoms with Crippen molar-refractivity contribution < 1.29 is 24.2 Å². The average molecular weight is 279 g/mol. The lowest BCUT2D eigenvalue weighted by Crippen LogP contribution is -2.39. The molecular formula is C14H17NO5. The fourth-order valence-electron chi connectivity index (χ4n) is 1.66. The van der Waals surface area contributed by atoms with Gasteiger partial charge < -0.3 is 15.2 Å². The van der Waals surface area contributed by atoms with Crippen LogP contribution in [0, 0.1) is 0 Å². The van der Waals surface area contributed by atoms with Crippen molar-refractivity contribution in [3.8, 4) is 5.75 Å². The highest BCUT2D eigenvalue weighted by atomic mass is 16.5. The van der Waals surface area contributed by atoms with E-state index in [9.17, 15) is 14.4 Å². The molecule has 1 atom stereocenters. The zero-order chi connectivity index (χ0) is 15.3. The van der Waals surface area contributed by atoms with Crippen molar-refractivity contribution in [2.45, 2.75) is 26.3 Å². The minimum Gasteiger partial charge on any atom is -0.496 e. The first-order valence-corrected chi connectivity index (χ1v) is 6.05. The van der Waals surface area contributed by atoms with E-state index in [2.05, 4.69) is 5.32 Å². The molecule has 1 rings (SSSR count). The maximum absolute atomic E-state index is 11.8. The van der Waals surface area contributed by atoms with Crippen LogP contribution in [-0.2, 0) is 16.0 Å². The molecule has 0 saturated heterocycles. The summed E-state index contributed by atoms with van der Waals surface area (Å²) in [4.78, 5) is 33.8. The van der Waals surface area contributed by atoms with Crippen molar-refractivity contribution in [3.63, 3.8) is 0 Å². The van der Waals surface area contributed by atoms with Gasteiger partial charge in [-0.3, -0.25) is 14.4 Å². The number of methoxy groups -OCH3 is 1. The van der Waals surface area contributed by atoms with Gasteiger partial charge in [0.2, 0.25) is 5.91 Å². The van der Waals surface area contributed by atoms with Gasteiger partial charge in [0, 0.05) is 11.1 Å². The number of carbonyl (C=O) groups excluding carboxylic acids is 2. The molecule has 0 spiro atoms. The molecule has 0 saturated carbocycles. The van der Waals surface area contributed by atoms with Crippen molar-refractivity contribution in [2.24, 2.45) is 0 Å². The summed E-state index contributed by atoms with van der Waals surface area (Å²) in [5.41, 5.74) is 1.01. The lowest BCUT2D eigenvalue weighted by Gasteiger charge is -2.12. The number of aliphatic carboxylic acids is 1. The van der Waals surface area contributed by atoms with Crippen LogP contribution in [0.1, 0.15) is 29.8 Å². The second kappa shape index (κ2) is 6.70. The van der Waals surface area contributed by atoms with Crippen LogP contribution in [-0.4, -0.2) is 35.9 Å². The molecule has 0 unspecified atom stereocenters. The minimum absolute atomic E-state index is 0.0537. The number of carbonyl (C=O) groups is 3. The third kappa shape index (κ3) is 4.08. The van der Waals surface area contributed by atoms with E-state index in [4.69, 9.17) is 9.84 Å². The van der Waals surface area contributed by atoms with Crippen molar-refractivity contribution in [1.82, 2.24) is 5.32 Å². The highest BCUT2D eigenvalue weighted by Crippen LogP contribution is 2.20. The van der Waals surface area contributed by atoms with Crippen molar-refractivity contribution in [3.05, 3.63) is 29.3 Å². The maximum atomic E-state index is 11.8. The predicted molar refractivity (Wildman–Crippen MR) is 71.9 cm³/mol. The first-order chi connectivity index (χ1) is 9.35. The topological polar surface area (TPSA) is 92.7 Å². The van der Waals surface area contributed by atoms with Crippen molar-refractivity contribution >= 4 is 17.7 Å². The van der Waals surface area contributed by atoms with Gasteiger partial charge in [-0.15, -0.1) is 0 Å². The highest BCUT2D eigenvalue weighted by Gasteiger charge is 2.16. The number of carboxylic acids is 1. The van der Waals surface area contributed by atoms with E-state index in [-0.39, 0.29) is 12.2 Å². The number of hydrogen-bond donors (Lipinski definition) is 2. The standard InChI is InChI=1S/C14H17NO5/c1-8(14(18)19)15-13(17)7-11-6-10(9(2)16)4-5-12(11)20-3/h4-6,8H,7H2,1-3H3,(H,15,17)(H,18,19)/t8-/m1/s1. The first-order valence-electron chi connectivity index (χ1n) is 6.05. The smallest absolute Gasteiger partial charge is 0.325 e. The van der Waals surface area contributed by atoms with Crippen LogP contribution in [0.2, 0.25) is 0 Å². The summed E-state index contributed by atoms with van der Waals surface area (Å²) >= 11 is 0. The molecule has 0 heterocycles. The summed E-state index contributed by atoms with van der Waals surface area (Å²) in [6, 6.07) is 3.83. The maximum Gasteiger partial charge on any atom is 0.325 e. The number of carboxylic acid groups (broad SMARTS) is 1. The number of nitrogens with one attached hydrogen (secondary N) is 1. The van der Waals surface area contributed by atoms with E-state index < -0.39 is 17.9 Å². The van der Waals surface area contributed by atoms with Crippen LogP contribution in [0.5, 0.6) is 5.75 Å². The molecule has 0 aromatic heterocycles. The summed E-state index contributed by atoms with van der Waals surface area (Å²) < 4.78 is 5.13. The summed E-state index contributed by atoms with van der Waals surface area (Å²) in [5, 5.41) is 11.1. The second-order valence-corrected chi connectivity index (χ2v) is 4.39. The first kappa shape index (κ1) is 15.7. The van der Waals surface area contributed by atoms with E-state index in [0.717, 1.165) is 0 Å². The third-order valence-electron chi connectivity index (χ3n) is 2.79. The zero-order valence-corrected chi connectivity index (χ0v) is 11.6. The van der Waals surface area contributed by atoms with Gasteiger partial charge in [-0.25, -0.2) is 0 Å². The van der Waals surface area contributed by atoms with Crippen molar-refractivity contribution in [2.75, 3.05) is 7.11 Å². The van der Waals surface area contributed by atoms with Gasteiger partial charge in [0.1, 0.15) is 11.8 Å². The summed E-state index contributed by atoms with van der Waals surface area (Å²) in [6.07, 6.45) is -0.0537. The fraction of sp³-hybridized carbons (Fsp3) is 0.357. The van der Waals surface area contributed by atoms with E-state index in [1.54, 1.807) is 18.2 Å². The fourth-order valence-corrected chi connectivity index (χ4v) is 1.66. The number of Topliss-reactive ketones (excluding diaryl/α,β-unsaturated/α-hetero) is 1. The van der Waals surface area contributed by atoms with Gasteiger partial charge in [0.05, 0.1) is 13.5 Å². The van der Waals surface area contributed by atoms with Crippen LogP contribution in [0.25, 0.3) is 0 Å². The normalized spacial score (nSPS) is 11.6. The Morgan fingerprint density at radius 3 is 2.50 bits per heavy atom. The molecule has 0 fully saturated rings. The Bertz CT molecular complexity index is 538. The number of hydrogen-bond acceptors (Lipinski definition) is 4. The predicted octanol–water partition coefficient (Wildman–Crippen LogP) is 1.03.